The predicted molar refractivity (Wildman–Crippen MR) is 139 cm³/mol. The Morgan fingerprint density at radius 2 is 1.71 bits per heavy atom. The Kier molecular flexibility index (Phi) is 8.44. The summed E-state index contributed by atoms with van der Waals surface area (Å²) in [5, 5.41) is 10.2. The van der Waals surface area contributed by atoms with Crippen LogP contribution in [0.5, 0.6) is 0 Å². The fraction of sp³-hybridized carbons (Fsp3) is 0.310. The summed E-state index contributed by atoms with van der Waals surface area (Å²) < 4.78 is 13.8. The van der Waals surface area contributed by atoms with E-state index in [9.17, 15) is 14.4 Å². The lowest BCUT2D eigenvalue weighted by atomic mass is 9.90. The fourth-order valence-corrected chi connectivity index (χ4v) is 5.31. The Balaban J connectivity index is 1.67. The van der Waals surface area contributed by atoms with E-state index in [-0.39, 0.29) is 22.8 Å². The van der Waals surface area contributed by atoms with Gasteiger partial charge in [-0.3, -0.25) is 4.79 Å². The fourth-order valence-electron chi connectivity index (χ4n) is 4.91. The molecule has 4 rings (SSSR count). The van der Waals surface area contributed by atoms with Crippen molar-refractivity contribution in [2.75, 3.05) is 11.4 Å². The lowest BCUT2D eigenvalue weighted by Crippen LogP contribution is -2.40. The monoisotopic (exact) mass is 508 g/mol. The molecular formula is C29H27Cl2FN2O. The zero-order valence-electron chi connectivity index (χ0n) is 19.4. The van der Waals surface area contributed by atoms with Crippen molar-refractivity contribution in [3.63, 3.8) is 0 Å². The summed E-state index contributed by atoms with van der Waals surface area (Å²) in [7, 11) is 0. The number of carbonyl (C=O) groups is 1. The van der Waals surface area contributed by atoms with Gasteiger partial charge in [-0.25, -0.2) is 4.39 Å². The largest absolute Gasteiger partial charge is 0.310 e. The van der Waals surface area contributed by atoms with E-state index in [1.807, 2.05) is 42.5 Å². The van der Waals surface area contributed by atoms with Crippen molar-refractivity contribution < 1.29 is 9.18 Å². The number of halogens is 3. The van der Waals surface area contributed by atoms with Gasteiger partial charge >= 0.3 is 0 Å². The van der Waals surface area contributed by atoms with E-state index in [1.165, 1.54) is 12.1 Å². The normalized spacial score (nSPS) is 14.5. The van der Waals surface area contributed by atoms with E-state index in [0.717, 1.165) is 36.8 Å². The average Bonchev–Trinajstić information content (AvgIpc) is 3.39. The molecule has 6 heteroatoms. The first-order chi connectivity index (χ1) is 16.9. The second-order valence-electron chi connectivity index (χ2n) is 9.24. The Morgan fingerprint density at radius 1 is 1.00 bits per heavy atom. The number of amides is 1. The van der Waals surface area contributed by atoms with Crippen LogP contribution in [0.3, 0.4) is 0 Å². The minimum absolute atomic E-state index is 0.0385. The molecule has 180 valence electrons. The summed E-state index contributed by atoms with van der Waals surface area (Å²) in [6.45, 7) is 0.431. The summed E-state index contributed by atoms with van der Waals surface area (Å²) >= 11 is 12.5. The molecule has 1 atom stereocenters. The van der Waals surface area contributed by atoms with Crippen LogP contribution in [0.4, 0.5) is 10.1 Å². The summed E-state index contributed by atoms with van der Waals surface area (Å²) in [6, 6.07) is 21.7. The maximum atomic E-state index is 13.8. The number of anilines is 1. The van der Waals surface area contributed by atoms with Crippen molar-refractivity contribution >= 4 is 34.8 Å². The van der Waals surface area contributed by atoms with Crippen molar-refractivity contribution in [3.05, 3.63) is 99.3 Å². The van der Waals surface area contributed by atoms with Crippen LogP contribution in [0.2, 0.25) is 10.0 Å². The van der Waals surface area contributed by atoms with Gasteiger partial charge in [0.25, 0.3) is 0 Å². The van der Waals surface area contributed by atoms with Crippen molar-refractivity contribution in [1.29, 1.82) is 5.26 Å². The van der Waals surface area contributed by atoms with Crippen molar-refractivity contribution in [2.45, 2.75) is 38.5 Å². The number of carbonyl (C=O) groups excluding carboxylic acids is 1. The molecule has 0 N–H and O–H groups in total. The lowest BCUT2D eigenvalue weighted by molar-refractivity contribution is -0.122. The van der Waals surface area contributed by atoms with E-state index in [0.29, 0.717) is 35.7 Å². The number of nitrogens with zero attached hydrogens (tertiary/aromatic N) is 2. The first-order valence-corrected chi connectivity index (χ1v) is 12.7. The van der Waals surface area contributed by atoms with Crippen LogP contribution in [0.15, 0.2) is 66.7 Å². The molecule has 1 fully saturated rings. The SMILES string of the molecule is N#Cc1cccc(CC(Cc2ccc(Cl)cc2)CN(C(=O)C2CCCC2)c2ccc(F)cc2Cl)c1. The molecule has 3 nitrogen and oxygen atoms in total. The third-order valence-electron chi connectivity index (χ3n) is 6.63. The van der Waals surface area contributed by atoms with Crippen LogP contribution < -0.4 is 4.90 Å². The molecule has 3 aromatic carbocycles. The molecule has 0 aliphatic heterocycles. The van der Waals surface area contributed by atoms with Gasteiger partial charge in [-0.15, -0.1) is 0 Å². The van der Waals surface area contributed by atoms with Gasteiger partial charge in [-0.2, -0.15) is 5.26 Å². The average molecular weight is 509 g/mol. The Morgan fingerprint density at radius 3 is 2.40 bits per heavy atom. The summed E-state index contributed by atoms with van der Waals surface area (Å²) in [5.74, 6) is -0.397. The number of hydrogen-bond acceptors (Lipinski definition) is 2. The van der Waals surface area contributed by atoms with Gasteiger partial charge in [0, 0.05) is 17.5 Å². The molecular weight excluding hydrogens is 482 g/mol. The zero-order chi connectivity index (χ0) is 24.8. The highest BCUT2D eigenvalue weighted by atomic mass is 35.5. The molecule has 0 bridgehead atoms. The van der Waals surface area contributed by atoms with E-state index in [4.69, 9.17) is 23.2 Å². The molecule has 1 saturated carbocycles. The van der Waals surface area contributed by atoms with Crippen LogP contribution in [-0.4, -0.2) is 12.5 Å². The smallest absolute Gasteiger partial charge is 0.230 e. The van der Waals surface area contributed by atoms with Crippen LogP contribution in [0, 0.1) is 29.0 Å². The highest BCUT2D eigenvalue weighted by Crippen LogP contribution is 2.33. The van der Waals surface area contributed by atoms with Crippen molar-refractivity contribution in [3.8, 4) is 6.07 Å². The Hall–Kier alpha value is -2.87. The van der Waals surface area contributed by atoms with Gasteiger partial charge in [-0.1, -0.05) is 60.3 Å². The minimum atomic E-state index is -0.432. The molecule has 35 heavy (non-hydrogen) atoms. The maximum absolute atomic E-state index is 13.8. The molecule has 0 spiro atoms. The zero-order valence-corrected chi connectivity index (χ0v) is 20.9. The van der Waals surface area contributed by atoms with E-state index in [2.05, 4.69) is 6.07 Å². The number of rotatable bonds is 8. The quantitative estimate of drug-likeness (QED) is 0.313. The third-order valence-corrected chi connectivity index (χ3v) is 7.18. The Bertz CT molecular complexity index is 1220. The molecule has 3 aromatic rings. The van der Waals surface area contributed by atoms with Gasteiger partial charge < -0.3 is 4.90 Å². The van der Waals surface area contributed by atoms with Crippen molar-refractivity contribution in [1.82, 2.24) is 0 Å². The number of nitriles is 1. The van der Waals surface area contributed by atoms with Gasteiger partial charge in [0.1, 0.15) is 5.82 Å². The molecule has 1 aliphatic carbocycles. The summed E-state index contributed by atoms with van der Waals surface area (Å²) in [5.41, 5.74) is 3.28. The van der Waals surface area contributed by atoms with Gasteiger partial charge in [-0.05, 0) is 85.2 Å². The minimum Gasteiger partial charge on any atom is -0.310 e. The molecule has 1 aliphatic rings. The predicted octanol–water partition coefficient (Wildman–Crippen LogP) is 7.63. The number of benzene rings is 3. The second kappa shape index (κ2) is 11.7. The molecule has 0 radical (unpaired) electrons. The summed E-state index contributed by atoms with van der Waals surface area (Å²) in [4.78, 5) is 15.4. The highest BCUT2D eigenvalue weighted by Gasteiger charge is 2.31. The second-order valence-corrected chi connectivity index (χ2v) is 10.1. The first kappa shape index (κ1) is 25.2. The molecule has 1 unspecified atom stereocenters. The first-order valence-electron chi connectivity index (χ1n) is 11.9. The molecule has 0 saturated heterocycles. The summed E-state index contributed by atoms with van der Waals surface area (Å²) in [6.07, 6.45) is 5.18. The van der Waals surface area contributed by atoms with E-state index in [1.54, 1.807) is 17.0 Å². The topological polar surface area (TPSA) is 44.1 Å². The van der Waals surface area contributed by atoms with Gasteiger partial charge in [0.2, 0.25) is 5.91 Å². The van der Waals surface area contributed by atoms with E-state index >= 15 is 0 Å². The Labute approximate surface area is 216 Å². The number of hydrogen-bond donors (Lipinski definition) is 0. The van der Waals surface area contributed by atoms with Crippen LogP contribution >= 0.6 is 23.2 Å². The van der Waals surface area contributed by atoms with Crippen LogP contribution in [0.1, 0.15) is 42.4 Å². The third kappa shape index (κ3) is 6.63. The van der Waals surface area contributed by atoms with Crippen molar-refractivity contribution in [2.24, 2.45) is 11.8 Å². The molecule has 1 amide bonds. The van der Waals surface area contributed by atoms with Gasteiger partial charge in [0.15, 0.2) is 0 Å². The van der Waals surface area contributed by atoms with E-state index < -0.39 is 5.82 Å². The standard InChI is InChI=1S/C29H27Cl2FN2O/c30-25-10-8-20(9-11-25)14-23(16-21-4-3-5-22(15-21)18-33)19-34(29(35)24-6-1-2-7-24)28-13-12-26(32)17-27(28)31/h3-5,8-13,15,17,23-24H,1-2,6-7,14,16,19H2. The van der Waals surface area contributed by atoms with Crippen LogP contribution in [-0.2, 0) is 17.6 Å². The maximum Gasteiger partial charge on any atom is 0.230 e. The van der Waals surface area contributed by atoms with Gasteiger partial charge in [0.05, 0.1) is 22.3 Å². The lowest BCUT2D eigenvalue weighted by Gasteiger charge is -2.31. The highest BCUT2D eigenvalue weighted by molar-refractivity contribution is 6.33. The molecule has 0 heterocycles. The molecule has 0 aromatic heterocycles. The van der Waals surface area contributed by atoms with Crippen LogP contribution in [0.25, 0.3) is 0 Å².